The average Bonchev–Trinajstić information content (AvgIpc) is 2.78. The lowest BCUT2D eigenvalue weighted by Crippen LogP contribution is -2.42. The lowest BCUT2D eigenvalue weighted by molar-refractivity contribution is -0.126. The van der Waals surface area contributed by atoms with Gasteiger partial charge in [-0.2, -0.15) is 0 Å². The van der Waals surface area contributed by atoms with Crippen molar-refractivity contribution in [2.75, 3.05) is 13.1 Å². The van der Waals surface area contributed by atoms with E-state index in [-0.39, 0.29) is 23.3 Å². The maximum atomic E-state index is 12.5. The van der Waals surface area contributed by atoms with Crippen molar-refractivity contribution in [2.24, 2.45) is 11.3 Å². The number of furan rings is 1. The Balaban J connectivity index is 1.76. The van der Waals surface area contributed by atoms with Crippen LogP contribution in [0.3, 0.4) is 0 Å². The van der Waals surface area contributed by atoms with E-state index in [0.717, 1.165) is 50.3 Å². The van der Waals surface area contributed by atoms with Crippen LogP contribution < -0.4 is 10.6 Å². The minimum atomic E-state index is 0.101. The summed E-state index contributed by atoms with van der Waals surface area (Å²) in [4.78, 5) is 12.5. The summed E-state index contributed by atoms with van der Waals surface area (Å²) in [5, 5.41) is 6.60. The molecule has 1 fully saturated rings. The number of hydrogen-bond acceptors (Lipinski definition) is 3. The minimum Gasteiger partial charge on any atom is -0.466 e. The second kappa shape index (κ2) is 5.48. The van der Waals surface area contributed by atoms with E-state index in [9.17, 15) is 4.79 Å². The molecule has 1 amide bonds. The summed E-state index contributed by atoms with van der Waals surface area (Å²) < 4.78 is 5.84. The van der Waals surface area contributed by atoms with Crippen LogP contribution >= 0.6 is 0 Å². The van der Waals surface area contributed by atoms with Gasteiger partial charge in [0.1, 0.15) is 11.5 Å². The largest absolute Gasteiger partial charge is 0.466 e. The van der Waals surface area contributed by atoms with E-state index in [1.54, 1.807) is 0 Å². The molecule has 2 heterocycles. The lowest BCUT2D eigenvalue weighted by Gasteiger charge is -2.35. The quantitative estimate of drug-likeness (QED) is 0.880. The monoisotopic (exact) mass is 290 g/mol. The molecule has 0 radical (unpaired) electrons. The molecule has 1 aromatic rings. The van der Waals surface area contributed by atoms with Gasteiger partial charge >= 0.3 is 0 Å². The first kappa shape index (κ1) is 14.6. The van der Waals surface area contributed by atoms with Gasteiger partial charge < -0.3 is 15.1 Å². The molecule has 0 aromatic carbocycles. The van der Waals surface area contributed by atoms with E-state index >= 15 is 0 Å². The second-order valence-electron chi connectivity index (χ2n) is 7.37. The Hall–Kier alpha value is -1.29. The van der Waals surface area contributed by atoms with Gasteiger partial charge in [-0.15, -0.1) is 0 Å². The molecular weight excluding hydrogens is 264 g/mol. The molecule has 1 atom stereocenters. The third-order valence-corrected chi connectivity index (χ3v) is 4.76. The Morgan fingerprint density at radius 3 is 2.81 bits per heavy atom. The molecule has 1 saturated heterocycles. The molecule has 3 rings (SSSR count). The smallest absolute Gasteiger partial charge is 0.223 e. The Labute approximate surface area is 126 Å². The zero-order chi connectivity index (χ0) is 15.0. The molecule has 4 nitrogen and oxygen atoms in total. The Morgan fingerprint density at radius 1 is 1.38 bits per heavy atom. The van der Waals surface area contributed by atoms with E-state index in [2.05, 4.69) is 30.5 Å². The number of carbonyl (C=O) groups is 1. The fourth-order valence-electron chi connectivity index (χ4n) is 3.69. The lowest BCUT2D eigenvalue weighted by atomic mass is 9.74. The predicted octanol–water partition coefficient (Wildman–Crippen LogP) is 2.72. The molecule has 2 N–H and O–H groups in total. The van der Waals surface area contributed by atoms with Crippen LogP contribution in [0.1, 0.15) is 56.2 Å². The number of aryl methyl sites for hydroxylation is 1. The normalized spacial score (nSPS) is 25.4. The number of amides is 1. The van der Waals surface area contributed by atoms with E-state index in [1.807, 2.05) is 6.92 Å². The van der Waals surface area contributed by atoms with Gasteiger partial charge in [-0.05, 0) is 50.8 Å². The number of piperidine rings is 1. The van der Waals surface area contributed by atoms with Crippen LogP contribution in [-0.4, -0.2) is 19.0 Å². The number of carbonyl (C=O) groups excluding carboxylic acids is 1. The van der Waals surface area contributed by atoms with Crippen molar-refractivity contribution in [3.05, 3.63) is 23.2 Å². The first-order chi connectivity index (χ1) is 9.94. The van der Waals surface area contributed by atoms with Crippen LogP contribution in [0, 0.1) is 18.3 Å². The molecule has 1 aliphatic heterocycles. The number of nitrogens with one attached hydrogen (secondary N) is 2. The van der Waals surface area contributed by atoms with Gasteiger partial charge in [0.25, 0.3) is 0 Å². The second-order valence-corrected chi connectivity index (χ2v) is 7.37. The van der Waals surface area contributed by atoms with Gasteiger partial charge in [0.2, 0.25) is 5.91 Å². The first-order valence-corrected chi connectivity index (χ1v) is 8.05. The third-order valence-electron chi connectivity index (χ3n) is 4.76. The fraction of sp³-hybridized carbons (Fsp3) is 0.706. The zero-order valence-corrected chi connectivity index (χ0v) is 13.3. The summed E-state index contributed by atoms with van der Waals surface area (Å²) in [5.41, 5.74) is 1.36. The molecule has 0 bridgehead atoms. The SMILES string of the molecule is Cc1cc2c(o1)CC(C)(C)CC2NC(=O)C1CCNCC1. The molecule has 0 spiro atoms. The Morgan fingerprint density at radius 2 is 2.10 bits per heavy atom. The number of hydrogen-bond donors (Lipinski definition) is 2. The average molecular weight is 290 g/mol. The highest BCUT2D eigenvalue weighted by atomic mass is 16.3. The molecular formula is C17H26N2O2. The van der Waals surface area contributed by atoms with Gasteiger partial charge in [0.15, 0.2) is 0 Å². The van der Waals surface area contributed by atoms with Crippen molar-refractivity contribution < 1.29 is 9.21 Å². The van der Waals surface area contributed by atoms with E-state index < -0.39 is 0 Å². The van der Waals surface area contributed by atoms with Crippen LogP contribution in [0.15, 0.2) is 10.5 Å². The summed E-state index contributed by atoms with van der Waals surface area (Å²) in [6.07, 6.45) is 3.82. The van der Waals surface area contributed by atoms with Crippen molar-refractivity contribution >= 4 is 5.91 Å². The minimum absolute atomic E-state index is 0.101. The summed E-state index contributed by atoms with van der Waals surface area (Å²) in [6, 6.07) is 2.20. The highest BCUT2D eigenvalue weighted by Crippen LogP contribution is 2.42. The van der Waals surface area contributed by atoms with Crippen molar-refractivity contribution in [1.29, 1.82) is 0 Å². The van der Waals surface area contributed by atoms with Crippen LogP contribution in [0.25, 0.3) is 0 Å². The van der Waals surface area contributed by atoms with Crippen LogP contribution in [0.2, 0.25) is 0 Å². The maximum Gasteiger partial charge on any atom is 0.223 e. The maximum absolute atomic E-state index is 12.5. The van der Waals surface area contributed by atoms with E-state index in [0.29, 0.717) is 0 Å². The topological polar surface area (TPSA) is 54.3 Å². The standard InChI is InChI=1S/C17H26N2O2/c1-11-8-13-14(9-17(2,3)10-15(13)21-11)19-16(20)12-4-6-18-7-5-12/h8,12,14,18H,4-7,9-10H2,1-3H3,(H,19,20). The van der Waals surface area contributed by atoms with Crippen LogP contribution in [-0.2, 0) is 11.2 Å². The Bertz CT molecular complexity index is 527. The number of fused-ring (bicyclic) bond motifs is 1. The molecule has 116 valence electrons. The van der Waals surface area contributed by atoms with Gasteiger partial charge in [-0.25, -0.2) is 0 Å². The fourth-order valence-corrected chi connectivity index (χ4v) is 3.69. The highest BCUT2D eigenvalue weighted by molar-refractivity contribution is 5.79. The predicted molar refractivity (Wildman–Crippen MR) is 82.0 cm³/mol. The van der Waals surface area contributed by atoms with Crippen molar-refractivity contribution in [2.45, 2.75) is 52.5 Å². The summed E-state index contributed by atoms with van der Waals surface area (Å²) in [5.74, 6) is 2.37. The summed E-state index contributed by atoms with van der Waals surface area (Å²) in [7, 11) is 0. The molecule has 0 saturated carbocycles. The van der Waals surface area contributed by atoms with E-state index in [4.69, 9.17) is 4.42 Å². The molecule has 4 heteroatoms. The highest BCUT2D eigenvalue weighted by Gasteiger charge is 2.36. The first-order valence-electron chi connectivity index (χ1n) is 8.05. The molecule has 2 aliphatic rings. The Kier molecular flexibility index (Phi) is 3.82. The molecule has 1 unspecified atom stereocenters. The van der Waals surface area contributed by atoms with Crippen LogP contribution in [0.5, 0.6) is 0 Å². The van der Waals surface area contributed by atoms with Gasteiger partial charge in [-0.1, -0.05) is 13.8 Å². The number of rotatable bonds is 2. The molecule has 21 heavy (non-hydrogen) atoms. The van der Waals surface area contributed by atoms with Crippen molar-refractivity contribution in [3.63, 3.8) is 0 Å². The van der Waals surface area contributed by atoms with Gasteiger partial charge in [0, 0.05) is 17.9 Å². The van der Waals surface area contributed by atoms with Crippen molar-refractivity contribution in [3.8, 4) is 0 Å². The third kappa shape index (κ3) is 3.15. The summed E-state index contributed by atoms with van der Waals surface area (Å²) in [6.45, 7) is 8.38. The van der Waals surface area contributed by atoms with E-state index in [1.165, 1.54) is 5.56 Å². The van der Waals surface area contributed by atoms with Gasteiger partial charge in [-0.3, -0.25) is 4.79 Å². The van der Waals surface area contributed by atoms with Gasteiger partial charge in [0.05, 0.1) is 6.04 Å². The van der Waals surface area contributed by atoms with Crippen LogP contribution in [0.4, 0.5) is 0 Å². The van der Waals surface area contributed by atoms with Crippen molar-refractivity contribution in [1.82, 2.24) is 10.6 Å². The zero-order valence-electron chi connectivity index (χ0n) is 13.3. The summed E-state index contributed by atoms with van der Waals surface area (Å²) >= 11 is 0. The molecule has 1 aromatic heterocycles. The molecule has 1 aliphatic carbocycles.